The third-order valence-electron chi connectivity index (χ3n) is 2.96. The molecule has 3 nitrogen and oxygen atoms in total. The molecule has 0 aliphatic carbocycles. The summed E-state index contributed by atoms with van der Waals surface area (Å²) < 4.78 is 0. The fourth-order valence-corrected chi connectivity index (χ4v) is 2.05. The normalized spacial score (nSPS) is 13.7. The van der Waals surface area contributed by atoms with Crippen molar-refractivity contribution in [3.05, 3.63) is 42.0 Å². The van der Waals surface area contributed by atoms with E-state index in [0.717, 1.165) is 29.7 Å². The third-order valence-corrected chi connectivity index (χ3v) is 2.96. The Kier molecular flexibility index (Phi) is 3.24. The van der Waals surface area contributed by atoms with Crippen LogP contribution in [0.5, 0.6) is 0 Å². The zero-order valence-electron chi connectivity index (χ0n) is 9.65. The molecule has 1 aromatic rings. The molecule has 0 saturated heterocycles. The van der Waals surface area contributed by atoms with E-state index in [1.54, 1.807) is 4.90 Å². The fraction of sp³-hybridized carbons (Fsp3) is 0.286. The Morgan fingerprint density at radius 3 is 2.59 bits per heavy atom. The van der Waals surface area contributed by atoms with E-state index < -0.39 is 0 Å². The monoisotopic (exact) mass is 226 g/mol. The first-order valence-electron chi connectivity index (χ1n) is 5.73. The van der Waals surface area contributed by atoms with E-state index in [4.69, 9.17) is 5.26 Å². The molecule has 1 aliphatic rings. The number of amides is 1. The molecule has 1 aliphatic heterocycles. The van der Waals surface area contributed by atoms with Gasteiger partial charge in [0, 0.05) is 29.8 Å². The minimum atomic E-state index is 0.0301. The SMILES string of the molecule is C=C1c2ccccc2C(=O)N1CCCCC#N. The van der Waals surface area contributed by atoms with E-state index in [2.05, 4.69) is 12.6 Å². The van der Waals surface area contributed by atoms with E-state index in [1.165, 1.54) is 0 Å². The second kappa shape index (κ2) is 4.84. The summed E-state index contributed by atoms with van der Waals surface area (Å²) in [5.41, 5.74) is 2.44. The molecule has 3 heteroatoms. The summed E-state index contributed by atoms with van der Waals surface area (Å²) in [5, 5.41) is 8.46. The zero-order chi connectivity index (χ0) is 12.3. The van der Waals surface area contributed by atoms with E-state index in [1.807, 2.05) is 24.3 Å². The first kappa shape index (κ1) is 11.4. The quantitative estimate of drug-likeness (QED) is 0.741. The van der Waals surface area contributed by atoms with Crippen LogP contribution >= 0.6 is 0 Å². The average molecular weight is 226 g/mol. The highest BCUT2D eigenvalue weighted by molar-refractivity contribution is 6.08. The van der Waals surface area contributed by atoms with Crippen molar-refractivity contribution in [2.24, 2.45) is 0 Å². The summed E-state index contributed by atoms with van der Waals surface area (Å²) in [7, 11) is 0. The van der Waals surface area contributed by atoms with Crippen LogP contribution in [0.4, 0.5) is 0 Å². The lowest BCUT2D eigenvalue weighted by Crippen LogP contribution is -2.23. The number of nitriles is 1. The van der Waals surface area contributed by atoms with E-state index in [-0.39, 0.29) is 5.91 Å². The van der Waals surface area contributed by atoms with Gasteiger partial charge in [-0.15, -0.1) is 0 Å². The largest absolute Gasteiger partial charge is 0.308 e. The van der Waals surface area contributed by atoms with E-state index >= 15 is 0 Å². The number of benzene rings is 1. The van der Waals surface area contributed by atoms with E-state index in [0.29, 0.717) is 13.0 Å². The lowest BCUT2D eigenvalue weighted by molar-refractivity contribution is 0.0849. The van der Waals surface area contributed by atoms with Crippen LogP contribution in [0, 0.1) is 11.3 Å². The van der Waals surface area contributed by atoms with Crippen molar-refractivity contribution in [3.8, 4) is 6.07 Å². The molecule has 0 spiro atoms. The minimum absolute atomic E-state index is 0.0301. The third kappa shape index (κ3) is 2.07. The highest BCUT2D eigenvalue weighted by Crippen LogP contribution is 2.31. The molecule has 86 valence electrons. The minimum Gasteiger partial charge on any atom is -0.308 e. The molecule has 2 rings (SSSR count). The zero-order valence-corrected chi connectivity index (χ0v) is 9.65. The maximum Gasteiger partial charge on any atom is 0.258 e. The van der Waals surface area contributed by atoms with Crippen molar-refractivity contribution in [3.63, 3.8) is 0 Å². The van der Waals surface area contributed by atoms with Crippen LogP contribution in [0.25, 0.3) is 5.70 Å². The first-order valence-corrected chi connectivity index (χ1v) is 5.73. The van der Waals surface area contributed by atoms with Gasteiger partial charge in [0.25, 0.3) is 5.91 Å². The summed E-state index contributed by atoms with van der Waals surface area (Å²) in [6, 6.07) is 9.64. The van der Waals surface area contributed by atoms with Crippen molar-refractivity contribution in [1.29, 1.82) is 5.26 Å². The lowest BCUT2D eigenvalue weighted by atomic mass is 10.1. The maximum absolute atomic E-state index is 12.1. The number of rotatable bonds is 4. The van der Waals surface area contributed by atoms with Crippen LogP contribution < -0.4 is 0 Å². The van der Waals surface area contributed by atoms with Gasteiger partial charge in [0.2, 0.25) is 0 Å². The molecule has 0 bridgehead atoms. The standard InChI is InChI=1S/C14H14N2O/c1-11-12-7-3-4-8-13(12)14(17)16(11)10-6-2-5-9-15/h3-4,7-8H,1-2,5-6,10H2. The van der Waals surface area contributed by atoms with Crippen LogP contribution in [0.1, 0.15) is 35.2 Å². The molecule has 1 amide bonds. The predicted octanol–water partition coefficient (Wildman–Crippen LogP) is 2.81. The van der Waals surface area contributed by atoms with Crippen LogP contribution in [-0.4, -0.2) is 17.4 Å². The number of carbonyl (C=O) groups is 1. The topological polar surface area (TPSA) is 44.1 Å². The van der Waals surface area contributed by atoms with Crippen LogP contribution in [0.15, 0.2) is 30.8 Å². The van der Waals surface area contributed by atoms with Gasteiger partial charge in [-0.1, -0.05) is 24.8 Å². The summed E-state index contributed by atoms with van der Waals surface area (Å²) >= 11 is 0. The Hall–Kier alpha value is -2.08. The number of hydrogen-bond acceptors (Lipinski definition) is 2. The predicted molar refractivity (Wildman–Crippen MR) is 66.0 cm³/mol. The summed E-state index contributed by atoms with van der Waals surface area (Å²) in [6.45, 7) is 4.61. The summed E-state index contributed by atoms with van der Waals surface area (Å²) in [5.74, 6) is 0.0301. The van der Waals surface area contributed by atoms with Gasteiger partial charge in [-0.3, -0.25) is 4.79 Å². The lowest BCUT2D eigenvalue weighted by Gasteiger charge is -2.16. The van der Waals surface area contributed by atoms with Crippen molar-refractivity contribution in [2.45, 2.75) is 19.3 Å². The molecular formula is C14H14N2O. The number of unbranched alkanes of at least 4 members (excludes halogenated alkanes) is 2. The van der Waals surface area contributed by atoms with Crippen molar-refractivity contribution in [2.75, 3.05) is 6.54 Å². The highest BCUT2D eigenvalue weighted by atomic mass is 16.2. The second-order valence-electron chi connectivity index (χ2n) is 4.06. The first-order chi connectivity index (χ1) is 8.25. The van der Waals surface area contributed by atoms with Gasteiger partial charge in [-0.25, -0.2) is 0 Å². The Labute approximate surface area is 101 Å². The van der Waals surface area contributed by atoms with Crippen molar-refractivity contribution >= 4 is 11.6 Å². The molecule has 0 unspecified atom stereocenters. The highest BCUT2D eigenvalue weighted by Gasteiger charge is 2.29. The van der Waals surface area contributed by atoms with Gasteiger partial charge in [0.15, 0.2) is 0 Å². The van der Waals surface area contributed by atoms with Gasteiger partial charge >= 0.3 is 0 Å². The molecule has 0 aromatic heterocycles. The molecule has 0 atom stereocenters. The summed E-state index contributed by atoms with van der Waals surface area (Å²) in [6.07, 6.45) is 2.21. The number of hydrogen-bond donors (Lipinski definition) is 0. The molecule has 1 aromatic carbocycles. The molecule has 17 heavy (non-hydrogen) atoms. The van der Waals surface area contributed by atoms with Crippen molar-refractivity contribution < 1.29 is 4.79 Å². The fourth-order valence-electron chi connectivity index (χ4n) is 2.05. The van der Waals surface area contributed by atoms with Gasteiger partial charge in [0.1, 0.15) is 0 Å². The Balaban J connectivity index is 2.06. The Bertz CT molecular complexity index is 464. The Morgan fingerprint density at radius 2 is 1.94 bits per heavy atom. The van der Waals surface area contributed by atoms with Crippen LogP contribution in [-0.2, 0) is 0 Å². The second-order valence-corrected chi connectivity index (χ2v) is 4.06. The van der Waals surface area contributed by atoms with Crippen molar-refractivity contribution in [1.82, 2.24) is 4.90 Å². The number of carbonyl (C=O) groups excluding carboxylic acids is 1. The molecule has 0 fully saturated rings. The van der Waals surface area contributed by atoms with Gasteiger partial charge in [-0.2, -0.15) is 5.26 Å². The van der Waals surface area contributed by atoms with Gasteiger partial charge in [-0.05, 0) is 18.9 Å². The molecular weight excluding hydrogens is 212 g/mol. The smallest absolute Gasteiger partial charge is 0.258 e. The average Bonchev–Trinajstić information content (AvgIpc) is 2.60. The van der Waals surface area contributed by atoms with Crippen LogP contribution in [0.2, 0.25) is 0 Å². The van der Waals surface area contributed by atoms with Crippen LogP contribution in [0.3, 0.4) is 0 Å². The summed E-state index contributed by atoms with van der Waals surface area (Å²) in [4.78, 5) is 13.8. The molecule has 0 N–H and O–H groups in total. The van der Waals surface area contributed by atoms with Gasteiger partial charge < -0.3 is 4.90 Å². The maximum atomic E-state index is 12.1. The van der Waals surface area contributed by atoms with Gasteiger partial charge in [0.05, 0.1) is 6.07 Å². The molecule has 0 saturated carbocycles. The number of nitrogens with zero attached hydrogens (tertiary/aromatic N) is 2. The Morgan fingerprint density at radius 1 is 1.24 bits per heavy atom. The number of fused-ring (bicyclic) bond motifs is 1. The molecule has 0 radical (unpaired) electrons. The van der Waals surface area contributed by atoms with E-state index in [9.17, 15) is 4.79 Å². The molecule has 1 heterocycles.